The maximum atomic E-state index is 12.9. The van der Waals surface area contributed by atoms with Crippen molar-refractivity contribution >= 4 is 35.8 Å². The number of aliphatic imine (C=N–C) groups is 1. The Morgan fingerprint density at radius 1 is 1.13 bits per heavy atom. The van der Waals surface area contributed by atoms with Crippen molar-refractivity contribution in [1.82, 2.24) is 20.4 Å². The van der Waals surface area contributed by atoms with Gasteiger partial charge in [-0.05, 0) is 11.6 Å². The summed E-state index contributed by atoms with van der Waals surface area (Å²) in [6.07, 6.45) is -4.32. The fourth-order valence-corrected chi connectivity index (χ4v) is 3.12. The maximum Gasteiger partial charge on any atom is 0.416 e. The van der Waals surface area contributed by atoms with Gasteiger partial charge >= 0.3 is 6.18 Å². The van der Waals surface area contributed by atoms with E-state index in [9.17, 15) is 18.0 Å². The third kappa shape index (κ3) is 8.29. The van der Waals surface area contributed by atoms with Crippen LogP contribution in [-0.4, -0.2) is 68.0 Å². The molecule has 1 aromatic carbocycles. The number of carbonyl (C=O) groups is 1. The molecule has 10 heteroatoms. The third-order valence-corrected chi connectivity index (χ3v) is 4.78. The van der Waals surface area contributed by atoms with Crippen LogP contribution in [0, 0.1) is 5.92 Å². The molecule has 1 aliphatic rings. The molecule has 2 N–H and O–H groups in total. The van der Waals surface area contributed by atoms with Crippen molar-refractivity contribution in [2.45, 2.75) is 26.6 Å². The van der Waals surface area contributed by atoms with Crippen LogP contribution in [0.5, 0.6) is 0 Å². The lowest BCUT2D eigenvalue weighted by molar-refractivity contribution is -0.137. The number of nitrogens with zero attached hydrogens (tertiary/aromatic N) is 3. The Morgan fingerprint density at radius 3 is 2.33 bits per heavy atom. The fourth-order valence-electron chi connectivity index (χ4n) is 3.12. The van der Waals surface area contributed by atoms with Gasteiger partial charge in [0.1, 0.15) is 0 Å². The van der Waals surface area contributed by atoms with Crippen LogP contribution >= 0.6 is 24.0 Å². The molecule has 6 nitrogen and oxygen atoms in total. The minimum Gasteiger partial charge on any atom is -0.354 e. The van der Waals surface area contributed by atoms with E-state index in [1.807, 2.05) is 13.8 Å². The molecular formula is C20H31F3IN5O. The highest BCUT2D eigenvalue weighted by atomic mass is 127. The van der Waals surface area contributed by atoms with Crippen LogP contribution in [0.25, 0.3) is 0 Å². The number of carbonyl (C=O) groups excluding carboxylic acids is 1. The summed E-state index contributed by atoms with van der Waals surface area (Å²) < 4.78 is 38.6. The third-order valence-electron chi connectivity index (χ3n) is 4.78. The van der Waals surface area contributed by atoms with Crippen LogP contribution < -0.4 is 10.6 Å². The molecule has 30 heavy (non-hydrogen) atoms. The van der Waals surface area contributed by atoms with Gasteiger partial charge in [-0.15, -0.1) is 24.0 Å². The van der Waals surface area contributed by atoms with E-state index in [1.54, 1.807) is 13.1 Å². The van der Waals surface area contributed by atoms with Crippen molar-refractivity contribution in [2.24, 2.45) is 10.9 Å². The molecule has 1 fully saturated rings. The van der Waals surface area contributed by atoms with Crippen LogP contribution in [-0.2, 0) is 17.5 Å². The fraction of sp³-hybridized carbons (Fsp3) is 0.600. The van der Waals surface area contributed by atoms with Crippen molar-refractivity contribution < 1.29 is 18.0 Å². The standard InChI is InChI=1S/C20H30F3N5O.HI/c1-15(2)18(29)25-7-8-26-19(24-3)28-11-9-27(10-12-28)14-16-5-4-6-17(13-16)20(21,22)23;/h4-6,13,15H,7-12,14H2,1-3H3,(H,24,26)(H,25,29);1H. The lowest BCUT2D eigenvalue weighted by Gasteiger charge is -2.36. The van der Waals surface area contributed by atoms with E-state index in [1.165, 1.54) is 12.1 Å². The van der Waals surface area contributed by atoms with Gasteiger partial charge < -0.3 is 15.5 Å². The average molecular weight is 541 g/mol. The summed E-state index contributed by atoms with van der Waals surface area (Å²) in [5.74, 6) is 0.742. The Bertz CT molecular complexity index is 704. The molecule has 1 heterocycles. The van der Waals surface area contributed by atoms with Crippen LogP contribution in [0.1, 0.15) is 25.0 Å². The second-order valence-corrected chi connectivity index (χ2v) is 7.38. The second kappa shape index (κ2) is 12.3. The molecule has 0 aliphatic carbocycles. The topological polar surface area (TPSA) is 60.0 Å². The summed E-state index contributed by atoms with van der Waals surface area (Å²) >= 11 is 0. The molecule has 0 spiro atoms. The summed E-state index contributed by atoms with van der Waals surface area (Å²) in [6.45, 7) is 8.23. The number of hydrogen-bond acceptors (Lipinski definition) is 3. The van der Waals surface area contributed by atoms with Crippen LogP contribution in [0.3, 0.4) is 0 Å². The number of piperazine rings is 1. The number of hydrogen-bond donors (Lipinski definition) is 2. The van der Waals surface area contributed by atoms with Crippen molar-refractivity contribution in [1.29, 1.82) is 0 Å². The summed E-state index contributed by atoms with van der Waals surface area (Å²) in [7, 11) is 1.71. The molecule has 1 aromatic rings. The lowest BCUT2D eigenvalue weighted by Crippen LogP contribution is -2.53. The molecule has 0 aromatic heterocycles. The number of benzene rings is 1. The van der Waals surface area contributed by atoms with Crippen molar-refractivity contribution in [2.75, 3.05) is 46.3 Å². The molecule has 2 rings (SSSR count). The van der Waals surface area contributed by atoms with Gasteiger partial charge in [0.2, 0.25) is 5.91 Å². The Balaban J connectivity index is 0.00000450. The SMILES string of the molecule is CN=C(NCCNC(=O)C(C)C)N1CCN(Cc2cccc(C(F)(F)F)c2)CC1.I. The highest BCUT2D eigenvalue weighted by Gasteiger charge is 2.30. The van der Waals surface area contributed by atoms with Gasteiger partial charge in [-0.3, -0.25) is 14.7 Å². The van der Waals surface area contributed by atoms with E-state index in [0.717, 1.165) is 38.2 Å². The first-order chi connectivity index (χ1) is 13.7. The maximum absolute atomic E-state index is 12.9. The van der Waals surface area contributed by atoms with Gasteiger partial charge in [-0.2, -0.15) is 13.2 Å². The van der Waals surface area contributed by atoms with Crippen molar-refractivity contribution in [3.05, 3.63) is 35.4 Å². The van der Waals surface area contributed by atoms with Gasteiger partial charge in [0, 0.05) is 58.8 Å². The molecule has 0 unspecified atom stereocenters. The first kappa shape index (κ1) is 26.5. The zero-order valence-corrected chi connectivity index (χ0v) is 20.0. The Labute approximate surface area is 193 Å². The van der Waals surface area contributed by atoms with E-state index >= 15 is 0 Å². The van der Waals surface area contributed by atoms with Gasteiger partial charge in [-0.1, -0.05) is 32.0 Å². The van der Waals surface area contributed by atoms with E-state index in [4.69, 9.17) is 0 Å². The molecule has 1 saturated heterocycles. The van der Waals surface area contributed by atoms with Crippen LogP contribution in [0.4, 0.5) is 13.2 Å². The van der Waals surface area contributed by atoms with E-state index in [2.05, 4.69) is 25.4 Å². The smallest absolute Gasteiger partial charge is 0.354 e. The van der Waals surface area contributed by atoms with Gasteiger partial charge in [0.15, 0.2) is 5.96 Å². The predicted octanol–water partition coefficient (Wildman–Crippen LogP) is 2.79. The molecule has 1 amide bonds. The van der Waals surface area contributed by atoms with Crippen molar-refractivity contribution in [3.8, 4) is 0 Å². The van der Waals surface area contributed by atoms with Gasteiger partial charge in [-0.25, -0.2) is 0 Å². The predicted molar refractivity (Wildman–Crippen MR) is 123 cm³/mol. The Kier molecular flexibility index (Phi) is 10.9. The van der Waals surface area contributed by atoms with Crippen LogP contribution in [0.2, 0.25) is 0 Å². The number of alkyl halides is 3. The lowest BCUT2D eigenvalue weighted by atomic mass is 10.1. The molecule has 1 aliphatic heterocycles. The van der Waals surface area contributed by atoms with Gasteiger partial charge in [0.05, 0.1) is 5.56 Å². The number of nitrogens with one attached hydrogen (secondary N) is 2. The van der Waals surface area contributed by atoms with Crippen molar-refractivity contribution in [3.63, 3.8) is 0 Å². The number of rotatable bonds is 6. The normalized spacial score (nSPS) is 15.7. The minimum atomic E-state index is -4.32. The number of halogens is 4. The second-order valence-electron chi connectivity index (χ2n) is 7.38. The quantitative estimate of drug-likeness (QED) is 0.252. The number of guanidine groups is 1. The van der Waals surface area contributed by atoms with E-state index < -0.39 is 11.7 Å². The molecular weight excluding hydrogens is 510 g/mol. The highest BCUT2D eigenvalue weighted by molar-refractivity contribution is 14.0. The molecule has 0 atom stereocenters. The van der Waals surface area contributed by atoms with E-state index in [-0.39, 0.29) is 35.8 Å². The number of amides is 1. The highest BCUT2D eigenvalue weighted by Crippen LogP contribution is 2.29. The zero-order valence-electron chi connectivity index (χ0n) is 17.6. The van der Waals surface area contributed by atoms with Crippen LogP contribution in [0.15, 0.2) is 29.3 Å². The average Bonchev–Trinajstić information content (AvgIpc) is 2.68. The first-order valence-corrected chi connectivity index (χ1v) is 9.82. The summed E-state index contributed by atoms with van der Waals surface area (Å²) in [5.41, 5.74) is 0.0551. The zero-order chi connectivity index (χ0) is 21.4. The summed E-state index contributed by atoms with van der Waals surface area (Å²) in [4.78, 5) is 20.1. The monoisotopic (exact) mass is 541 g/mol. The minimum absolute atomic E-state index is 0. The Morgan fingerprint density at radius 2 is 1.77 bits per heavy atom. The molecule has 0 radical (unpaired) electrons. The van der Waals surface area contributed by atoms with E-state index in [0.29, 0.717) is 25.2 Å². The van der Waals surface area contributed by atoms with Gasteiger partial charge in [0.25, 0.3) is 0 Å². The largest absolute Gasteiger partial charge is 0.416 e. The first-order valence-electron chi connectivity index (χ1n) is 9.82. The molecule has 0 saturated carbocycles. The summed E-state index contributed by atoms with van der Waals surface area (Å²) in [6, 6.07) is 5.50. The summed E-state index contributed by atoms with van der Waals surface area (Å²) in [5, 5.41) is 6.09. The molecule has 0 bridgehead atoms. The molecule has 170 valence electrons. The Hall–Kier alpha value is -1.56.